The van der Waals surface area contributed by atoms with E-state index in [0.717, 1.165) is 31.1 Å². The lowest BCUT2D eigenvalue weighted by Crippen LogP contribution is -2.38. The molecule has 1 atom stereocenters. The topological polar surface area (TPSA) is 83.9 Å². The number of furan rings is 2. The fourth-order valence-electron chi connectivity index (χ4n) is 4.37. The number of carbonyl (C=O) groups excluding carboxylic acids is 2. The van der Waals surface area contributed by atoms with Crippen LogP contribution in [0.3, 0.4) is 0 Å². The van der Waals surface area contributed by atoms with E-state index in [1.165, 1.54) is 6.26 Å². The molecule has 3 aromatic rings. The number of Topliss-reactive ketones (excluding diaryl/α,β-unsaturated/α-hetero) is 1. The van der Waals surface area contributed by atoms with Gasteiger partial charge < -0.3 is 18.8 Å². The molecule has 1 unspecified atom stereocenters. The zero-order chi connectivity index (χ0) is 19.3. The van der Waals surface area contributed by atoms with E-state index in [-0.39, 0.29) is 17.4 Å². The lowest BCUT2D eigenvalue weighted by atomic mass is 9.98. The fraction of sp³-hybridized carbons (Fsp3) is 0.273. The van der Waals surface area contributed by atoms with Crippen LogP contribution in [-0.4, -0.2) is 27.7 Å². The van der Waals surface area contributed by atoms with E-state index in [1.54, 1.807) is 29.2 Å². The zero-order valence-corrected chi connectivity index (χ0v) is 15.1. The minimum absolute atomic E-state index is 0.0194. The Morgan fingerprint density at radius 3 is 2.61 bits per heavy atom. The number of para-hydroxylation sites is 1. The van der Waals surface area contributed by atoms with Crippen molar-refractivity contribution in [2.75, 3.05) is 0 Å². The van der Waals surface area contributed by atoms with Crippen LogP contribution in [-0.2, 0) is 4.79 Å². The quantitative estimate of drug-likeness (QED) is 0.675. The second-order valence-electron chi connectivity index (χ2n) is 7.31. The SMILES string of the molecule is O=C(C1=C(O)C(=O)N(C2CCCC2)C1c1ccco1)c1cc2ccccc2o1. The average molecular weight is 377 g/mol. The molecule has 2 aliphatic rings. The Balaban J connectivity index is 1.60. The molecule has 2 aromatic heterocycles. The number of aliphatic hydroxyl groups excluding tert-OH is 1. The standard InChI is InChI=1S/C22H19NO5/c24-20(17-12-13-6-1-4-9-15(13)28-17)18-19(16-10-5-11-27-16)23(22(26)21(18)25)14-7-2-3-8-14/h1,4-6,9-12,14,19,25H,2-3,7-8H2. The molecule has 3 heterocycles. The highest BCUT2D eigenvalue weighted by Crippen LogP contribution is 2.43. The number of hydrogen-bond acceptors (Lipinski definition) is 5. The van der Waals surface area contributed by atoms with Crippen molar-refractivity contribution in [1.29, 1.82) is 0 Å². The first-order valence-electron chi connectivity index (χ1n) is 9.47. The molecule has 1 N–H and O–H groups in total. The summed E-state index contributed by atoms with van der Waals surface area (Å²) < 4.78 is 11.3. The molecule has 1 aliphatic heterocycles. The van der Waals surface area contributed by atoms with Crippen LogP contribution in [0.5, 0.6) is 0 Å². The number of nitrogens with zero attached hydrogens (tertiary/aromatic N) is 1. The second kappa shape index (κ2) is 6.41. The molecule has 142 valence electrons. The molecule has 1 saturated carbocycles. The number of aliphatic hydroxyl groups is 1. The number of ketones is 1. The second-order valence-corrected chi connectivity index (χ2v) is 7.31. The first kappa shape index (κ1) is 16.9. The number of hydrogen-bond donors (Lipinski definition) is 1. The van der Waals surface area contributed by atoms with Crippen molar-refractivity contribution in [1.82, 2.24) is 4.90 Å². The molecule has 1 fully saturated rings. The third-order valence-corrected chi connectivity index (χ3v) is 5.67. The molecular formula is C22H19NO5. The van der Waals surface area contributed by atoms with Crippen molar-refractivity contribution in [3.8, 4) is 0 Å². The summed E-state index contributed by atoms with van der Waals surface area (Å²) in [6, 6.07) is 11.6. The van der Waals surface area contributed by atoms with E-state index >= 15 is 0 Å². The highest BCUT2D eigenvalue weighted by atomic mass is 16.3. The van der Waals surface area contributed by atoms with Crippen LogP contribution in [0.15, 0.2) is 68.9 Å². The Kier molecular flexibility index (Phi) is 3.86. The Morgan fingerprint density at radius 2 is 1.89 bits per heavy atom. The molecular weight excluding hydrogens is 358 g/mol. The largest absolute Gasteiger partial charge is 0.503 e. The van der Waals surface area contributed by atoms with Crippen molar-refractivity contribution >= 4 is 22.7 Å². The maximum absolute atomic E-state index is 13.3. The normalized spacial score (nSPS) is 20.6. The summed E-state index contributed by atoms with van der Waals surface area (Å²) >= 11 is 0. The van der Waals surface area contributed by atoms with Gasteiger partial charge in [0, 0.05) is 11.4 Å². The lowest BCUT2D eigenvalue weighted by molar-refractivity contribution is -0.132. The molecule has 1 aromatic carbocycles. The Morgan fingerprint density at radius 1 is 1.11 bits per heavy atom. The minimum Gasteiger partial charge on any atom is -0.503 e. The van der Waals surface area contributed by atoms with Gasteiger partial charge in [-0.2, -0.15) is 0 Å². The van der Waals surface area contributed by atoms with Crippen molar-refractivity contribution in [2.45, 2.75) is 37.8 Å². The van der Waals surface area contributed by atoms with Gasteiger partial charge in [0.25, 0.3) is 5.91 Å². The van der Waals surface area contributed by atoms with E-state index in [1.807, 2.05) is 18.2 Å². The summed E-state index contributed by atoms with van der Waals surface area (Å²) in [6.45, 7) is 0. The van der Waals surface area contributed by atoms with E-state index < -0.39 is 23.5 Å². The monoisotopic (exact) mass is 377 g/mol. The molecule has 0 saturated heterocycles. The first-order chi connectivity index (χ1) is 13.6. The fourth-order valence-corrected chi connectivity index (χ4v) is 4.37. The van der Waals surface area contributed by atoms with Crippen LogP contribution in [0.4, 0.5) is 0 Å². The first-order valence-corrected chi connectivity index (χ1v) is 9.47. The summed E-state index contributed by atoms with van der Waals surface area (Å²) in [6.07, 6.45) is 5.25. The zero-order valence-electron chi connectivity index (χ0n) is 15.1. The summed E-state index contributed by atoms with van der Waals surface area (Å²) in [7, 11) is 0. The van der Waals surface area contributed by atoms with Crippen molar-refractivity contribution in [3.63, 3.8) is 0 Å². The maximum Gasteiger partial charge on any atom is 0.290 e. The lowest BCUT2D eigenvalue weighted by Gasteiger charge is -2.30. The van der Waals surface area contributed by atoms with Crippen LogP contribution in [0, 0.1) is 0 Å². The summed E-state index contributed by atoms with van der Waals surface area (Å²) in [4.78, 5) is 27.8. The highest BCUT2D eigenvalue weighted by Gasteiger charge is 2.48. The Labute approximate surface area is 161 Å². The van der Waals surface area contributed by atoms with Gasteiger partial charge in [-0.05, 0) is 37.1 Å². The van der Waals surface area contributed by atoms with Gasteiger partial charge in [-0.25, -0.2) is 0 Å². The minimum atomic E-state index is -0.744. The van der Waals surface area contributed by atoms with Crippen molar-refractivity contribution < 1.29 is 23.5 Å². The molecule has 0 spiro atoms. The van der Waals surface area contributed by atoms with E-state index in [0.29, 0.717) is 11.3 Å². The van der Waals surface area contributed by atoms with Crippen molar-refractivity contribution in [3.05, 3.63) is 71.6 Å². The number of amides is 1. The molecule has 1 aliphatic carbocycles. The van der Waals surface area contributed by atoms with E-state index in [4.69, 9.17) is 8.83 Å². The van der Waals surface area contributed by atoms with Crippen LogP contribution in [0.1, 0.15) is 48.0 Å². The number of rotatable bonds is 4. The summed E-state index contributed by atoms with van der Waals surface area (Å²) in [5, 5.41) is 11.4. The van der Waals surface area contributed by atoms with Crippen LogP contribution in [0.25, 0.3) is 11.0 Å². The van der Waals surface area contributed by atoms with Gasteiger partial charge in [-0.3, -0.25) is 9.59 Å². The van der Waals surface area contributed by atoms with Gasteiger partial charge in [-0.1, -0.05) is 31.0 Å². The molecule has 5 rings (SSSR count). The third-order valence-electron chi connectivity index (χ3n) is 5.67. The summed E-state index contributed by atoms with van der Waals surface area (Å²) in [5.74, 6) is -0.973. The Bertz CT molecular complexity index is 1050. The van der Waals surface area contributed by atoms with Crippen LogP contribution in [0.2, 0.25) is 0 Å². The number of benzene rings is 1. The predicted octanol–water partition coefficient (Wildman–Crippen LogP) is 4.55. The summed E-state index contributed by atoms with van der Waals surface area (Å²) in [5.41, 5.74) is 0.600. The molecule has 0 radical (unpaired) electrons. The van der Waals surface area contributed by atoms with Gasteiger partial charge >= 0.3 is 0 Å². The van der Waals surface area contributed by atoms with Gasteiger partial charge in [-0.15, -0.1) is 0 Å². The number of carbonyl (C=O) groups is 2. The van der Waals surface area contributed by atoms with Crippen LogP contribution < -0.4 is 0 Å². The van der Waals surface area contributed by atoms with Crippen molar-refractivity contribution in [2.24, 2.45) is 0 Å². The highest BCUT2D eigenvalue weighted by molar-refractivity contribution is 6.15. The van der Waals surface area contributed by atoms with Gasteiger partial charge in [0.1, 0.15) is 17.4 Å². The molecule has 1 amide bonds. The third kappa shape index (κ3) is 2.48. The van der Waals surface area contributed by atoms with Gasteiger partial charge in [0.2, 0.25) is 5.78 Å². The molecule has 6 nitrogen and oxygen atoms in total. The predicted molar refractivity (Wildman–Crippen MR) is 101 cm³/mol. The molecule has 6 heteroatoms. The van der Waals surface area contributed by atoms with Crippen LogP contribution >= 0.6 is 0 Å². The van der Waals surface area contributed by atoms with E-state index in [2.05, 4.69) is 0 Å². The molecule has 28 heavy (non-hydrogen) atoms. The maximum atomic E-state index is 13.3. The van der Waals surface area contributed by atoms with E-state index in [9.17, 15) is 14.7 Å². The Hall–Kier alpha value is -3.28. The molecule has 0 bridgehead atoms. The smallest absolute Gasteiger partial charge is 0.290 e. The average Bonchev–Trinajstić information content (AvgIpc) is 3.49. The van der Waals surface area contributed by atoms with Gasteiger partial charge in [0.15, 0.2) is 11.5 Å². The number of fused-ring (bicyclic) bond motifs is 1. The van der Waals surface area contributed by atoms with Gasteiger partial charge in [0.05, 0.1) is 11.8 Å².